The molecule has 0 bridgehead atoms. The molecule has 1 aliphatic rings. The molecule has 0 spiro atoms. The Morgan fingerprint density at radius 3 is 2.82 bits per heavy atom. The fourth-order valence-electron chi connectivity index (χ4n) is 3.91. The minimum Gasteiger partial charge on any atom is -0.435 e. The zero-order valence-electron chi connectivity index (χ0n) is 18.8. The van der Waals surface area contributed by atoms with Crippen LogP contribution in [0.15, 0.2) is 45.8 Å². The van der Waals surface area contributed by atoms with E-state index in [2.05, 4.69) is 52.7 Å². The zero-order chi connectivity index (χ0) is 22.9. The van der Waals surface area contributed by atoms with Gasteiger partial charge in [0.05, 0.1) is 10.6 Å². The van der Waals surface area contributed by atoms with Crippen LogP contribution in [0.3, 0.4) is 0 Å². The van der Waals surface area contributed by atoms with Crippen molar-refractivity contribution in [3.63, 3.8) is 0 Å². The molecule has 4 heterocycles. The molecular weight excluding hydrogens is 452 g/mol. The summed E-state index contributed by atoms with van der Waals surface area (Å²) >= 11 is 3.21. The monoisotopic (exact) mass is 477 g/mol. The number of benzene rings is 1. The van der Waals surface area contributed by atoms with Crippen molar-refractivity contribution >= 4 is 63.0 Å². The summed E-state index contributed by atoms with van der Waals surface area (Å²) in [6, 6.07) is 8.33. The first-order valence-electron chi connectivity index (χ1n) is 11.0. The highest BCUT2D eigenvalue weighted by Crippen LogP contribution is 2.19. The third-order valence-corrected chi connectivity index (χ3v) is 7.79. The topological polar surface area (TPSA) is 55.2 Å². The maximum Gasteiger partial charge on any atom is 0.269 e. The lowest BCUT2D eigenvalue weighted by molar-refractivity contribution is -0.642. The molecule has 0 radical (unpaired) electrons. The van der Waals surface area contributed by atoms with Crippen LogP contribution >= 0.6 is 22.7 Å². The molecule has 0 atom stereocenters. The minimum absolute atomic E-state index is 0.00548. The van der Waals surface area contributed by atoms with Gasteiger partial charge < -0.3 is 9.32 Å². The first kappa shape index (κ1) is 21.6. The lowest BCUT2D eigenvalue weighted by atomic mass is 10.3. The second-order valence-corrected chi connectivity index (χ2v) is 9.86. The van der Waals surface area contributed by atoms with Gasteiger partial charge in [-0.2, -0.15) is 9.55 Å². The van der Waals surface area contributed by atoms with E-state index in [1.165, 1.54) is 21.6 Å². The number of aryl methyl sites for hydroxylation is 1. The van der Waals surface area contributed by atoms with Gasteiger partial charge in [0.1, 0.15) is 16.4 Å². The quantitative estimate of drug-likeness (QED) is 0.410. The molecule has 33 heavy (non-hydrogen) atoms. The number of anilines is 1. The van der Waals surface area contributed by atoms with Crippen molar-refractivity contribution in [3.8, 4) is 0 Å². The molecule has 6 nitrogen and oxygen atoms in total. The Balaban J connectivity index is 1.59. The second-order valence-electron chi connectivity index (χ2n) is 7.74. The van der Waals surface area contributed by atoms with Gasteiger partial charge in [0, 0.05) is 31.4 Å². The largest absolute Gasteiger partial charge is 0.435 e. The molecule has 0 amide bonds. The van der Waals surface area contributed by atoms with Crippen molar-refractivity contribution in [2.24, 2.45) is 7.05 Å². The number of nitrogens with zero attached hydrogens (tertiary/aromatic N) is 4. The van der Waals surface area contributed by atoms with Gasteiger partial charge in [0.15, 0.2) is 11.2 Å². The second kappa shape index (κ2) is 8.96. The van der Waals surface area contributed by atoms with E-state index in [4.69, 9.17) is 4.42 Å². The first-order chi connectivity index (χ1) is 16.1. The van der Waals surface area contributed by atoms with Gasteiger partial charge in [-0.3, -0.25) is 9.36 Å². The Labute approximate surface area is 198 Å². The van der Waals surface area contributed by atoms with Gasteiger partial charge in [-0.25, -0.2) is 0 Å². The first-order valence-corrected chi connectivity index (χ1v) is 12.6. The molecule has 1 aliphatic heterocycles. The molecule has 8 heteroatoms. The fourth-order valence-corrected chi connectivity index (χ4v) is 6.12. The van der Waals surface area contributed by atoms with Crippen molar-refractivity contribution in [2.75, 3.05) is 11.4 Å². The zero-order valence-corrected chi connectivity index (χ0v) is 20.4. The fraction of sp³-hybridized carbons (Fsp3) is 0.240. The summed E-state index contributed by atoms with van der Waals surface area (Å²) in [6.07, 6.45) is 12.6. The van der Waals surface area contributed by atoms with E-state index in [0.717, 1.165) is 33.9 Å². The predicted octanol–water partition coefficient (Wildman–Crippen LogP) is 1.57. The summed E-state index contributed by atoms with van der Waals surface area (Å²) in [7, 11) is 2.06. The van der Waals surface area contributed by atoms with E-state index < -0.39 is 0 Å². The number of allylic oxidation sites excluding steroid dienone is 1. The Morgan fingerprint density at radius 1 is 1.18 bits per heavy atom. The van der Waals surface area contributed by atoms with Crippen LogP contribution in [-0.4, -0.2) is 16.1 Å². The van der Waals surface area contributed by atoms with Crippen LogP contribution in [-0.2, 0) is 13.6 Å². The summed E-state index contributed by atoms with van der Waals surface area (Å²) < 4.78 is 12.7. The number of oxazole rings is 1. The van der Waals surface area contributed by atoms with Gasteiger partial charge >= 0.3 is 0 Å². The highest BCUT2D eigenvalue weighted by molar-refractivity contribution is 7.19. The van der Waals surface area contributed by atoms with Crippen molar-refractivity contribution in [1.82, 2.24) is 9.55 Å². The summed E-state index contributed by atoms with van der Waals surface area (Å²) in [4.78, 5) is 19.8. The third-order valence-electron chi connectivity index (χ3n) is 5.55. The van der Waals surface area contributed by atoms with Crippen LogP contribution in [0.1, 0.15) is 25.3 Å². The summed E-state index contributed by atoms with van der Waals surface area (Å²) in [5.41, 5.74) is 2.44. The molecule has 3 aromatic heterocycles. The number of para-hydroxylation sites is 1. The average molecular weight is 478 g/mol. The number of aromatic nitrogens is 3. The maximum atomic E-state index is 13.0. The predicted molar refractivity (Wildman–Crippen MR) is 136 cm³/mol. The van der Waals surface area contributed by atoms with Gasteiger partial charge in [-0.05, 0) is 37.6 Å². The van der Waals surface area contributed by atoms with E-state index in [9.17, 15) is 4.79 Å². The molecule has 0 aliphatic carbocycles. The van der Waals surface area contributed by atoms with Gasteiger partial charge in [0.2, 0.25) is 11.1 Å². The lowest BCUT2D eigenvalue weighted by Gasteiger charge is -2.17. The molecule has 0 unspecified atom stereocenters. The molecule has 1 aromatic carbocycles. The smallest absolute Gasteiger partial charge is 0.269 e. The average Bonchev–Trinajstić information content (AvgIpc) is 3.47. The molecule has 0 N–H and O–H groups in total. The van der Waals surface area contributed by atoms with Crippen LogP contribution in [0.25, 0.3) is 34.5 Å². The van der Waals surface area contributed by atoms with Crippen LogP contribution in [0, 0.1) is 0 Å². The van der Waals surface area contributed by atoms with E-state index in [-0.39, 0.29) is 5.56 Å². The molecule has 0 saturated carbocycles. The molecule has 0 fully saturated rings. The van der Waals surface area contributed by atoms with E-state index >= 15 is 0 Å². The highest BCUT2D eigenvalue weighted by atomic mass is 32.1. The van der Waals surface area contributed by atoms with Crippen LogP contribution in [0.2, 0.25) is 0 Å². The number of hydrogen-bond acceptors (Lipinski definition) is 6. The summed E-state index contributed by atoms with van der Waals surface area (Å²) in [5.74, 6) is 0.822. The molecule has 4 aromatic rings. The third kappa shape index (κ3) is 4.00. The summed E-state index contributed by atoms with van der Waals surface area (Å²) in [5, 5.41) is 1.11. The lowest BCUT2D eigenvalue weighted by Crippen LogP contribution is -2.32. The molecular formula is C25H25N4O2S2+. The number of fused-ring (bicyclic) bond motifs is 2. The highest BCUT2D eigenvalue weighted by Gasteiger charge is 2.15. The van der Waals surface area contributed by atoms with Crippen LogP contribution < -0.4 is 35.2 Å². The van der Waals surface area contributed by atoms with Crippen molar-refractivity contribution in [2.45, 2.75) is 26.8 Å². The standard InChI is InChI=1S/C25H25N4O2S2/c1-4-14-28-15-8-10-18-24(28)26-21(31-18)13-12-20-25(30)29(5-2)23(33-20)16-22-27(3)17-9-6-7-11-19(17)32-22/h6-13,15-16H,4-5,14H2,1-3H3/q+1/b20-12-,21-13+. The van der Waals surface area contributed by atoms with Crippen molar-refractivity contribution in [3.05, 3.63) is 72.1 Å². The maximum absolute atomic E-state index is 13.0. The van der Waals surface area contributed by atoms with Gasteiger partial charge in [-0.15, -0.1) is 11.3 Å². The van der Waals surface area contributed by atoms with Gasteiger partial charge in [0.25, 0.3) is 10.6 Å². The van der Waals surface area contributed by atoms with Gasteiger partial charge in [-0.1, -0.05) is 30.4 Å². The molecule has 168 valence electrons. The number of thiazole rings is 2. The molecule has 5 rings (SSSR count). The van der Waals surface area contributed by atoms with Crippen LogP contribution in [0.4, 0.5) is 5.82 Å². The number of hydrogen-bond donors (Lipinski definition) is 0. The van der Waals surface area contributed by atoms with Crippen molar-refractivity contribution in [1.29, 1.82) is 0 Å². The SMILES string of the molecule is CCCN1C=CC=c2o/c(=C/C=c3\s/c(=C\c4sc5ccccc5[n+]4C)n(CC)c3=O)nc21. The molecule has 0 saturated heterocycles. The Morgan fingerprint density at radius 2 is 2.03 bits per heavy atom. The van der Waals surface area contributed by atoms with Crippen LogP contribution in [0.5, 0.6) is 0 Å². The Hall–Kier alpha value is -3.23. The normalized spacial score (nSPS) is 15.0. The Bertz CT molecular complexity index is 1670. The number of rotatable bonds is 5. The van der Waals surface area contributed by atoms with E-state index in [1.807, 2.05) is 42.0 Å². The minimum atomic E-state index is 0.00548. The Kier molecular flexibility index (Phi) is 5.86. The van der Waals surface area contributed by atoms with E-state index in [1.54, 1.807) is 17.4 Å². The van der Waals surface area contributed by atoms with E-state index in [0.29, 0.717) is 16.6 Å². The van der Waals surface area contributed by atoms with Crippen molar-refractivity contribution < 1.29 is 8.98 Å². The summed E-state index contributed by atoms with van der Waals surface area (Å²) in [6.45, 7) is 5.63.